The highest BCUT2D eigenvalue weighted by Crippen LogP contribution is 2.22. The predicted octanol–water partition coefficient (Wildman–Crippen LogP) is 3.96. The van der Waals surface area contributed by atoms with Gasteiger partial charge in [-0.1, -0.05) is 0 Å². The summed E-state index contributed by atoms with van der Waals surface area (Å²) in [7, 11) is 0. The average molecular weight is 317 g/mol. The van der Waals surface area contributed by atoms with Crippen LogP contribution in [0.25, 0.3) is 0 Å². The third-order valence-corrected chi connectivity index (χ3v) is 3.38. The minimum atomic E-state index is -4.37. The van der Waals surface area contributed by atoms with Gasteiger partial charge in [0.1, 0.15) is 0 Å². The maximum absolute atomic E-state index is 12.0. The summed E-state index contributed by atoms with van der Waals surface area (Å²) < 4.78 is 40.6. The van der Waals surface area contributed by atoms with Gasteiger partial charge in [-0.2, -0.15) is 13.2 Å². The molecule has 0 radical (unpaired) electrons. The lowest BCUT2D eigenvalue weighted by Gasteiger charge is -2.13. The molecule has 1 unspecified atom stereocenters. The molecule has 0 aliphatic rings. The molecule has 0 aliphatic carbocycles. The Bertz CT molecular complexity index is 583. The van der Waals surface area contributed by atoms with Crippen LogP contribution in [0, 0.1) is 6.92 Å². The molecule has 2 rings (SSSR count). The fourth-order valence-corrected chi connectivity index (χ4v) is 2.32. The van der Waals surface area contributed by atoms with Gasteiger partial charge in [-0.3, -0.25) is 0 Å². The van der Waals surface area contributed by atoms with Crippen molar-refractivity contribution in [3.05, 3.63) is 34.4 Å². The molecule has 0 spiro atoms. The molecule has 0 aliphatic heterocycles. The van der Waals surface area contributed by atoms with Crippen molar-refractivity contribution in [3.63, 3.8) is 0 Å². The molecule has 0 aromatic carbocycles. The Morgan fingerprint density at radius 2 is 2.14 bits per heavy atom. The molecular weight excluding hydrogens is 303 g/mol. The van der Waals surface area contributed by atoms with Gasteiger partial charge in [0.15, 0.2) is 6.61 Å². The van der Waals surface area contributed by atoms with Gasteiger partial charge in [0.2, 0.25) is 5.88 Å². The maximum atomic E-state index is 12.0. The number of hydrogen-bond donors (Lipinski definition) is 1. The molecule has 1 atom stereocenters. The Kier molecular flexibility index (Phi) is 4.66. The Balaban J connectivity index is 1.93. The van der Waals surface area contributed by atoms with E-state index in [4.69, 9.17) is 0 Å². The fourth-order valence-electron chi connectivity index (χ4n) is 1.61. The molecule has 114 valence electrons. The second kappa shape index (κ2) is 6.30. The number of anilines is 1. The first-order valence-corrected chi connectivity index (χ1v) is 7.05. The quantitative estimate of drug-likeness (QED) is 0.907. The number of hydrogen-bond acceptors (Lipinski definition) is 5. The van der Waals surface area contributed by atoms with Crippen LogP contribution in [0.3, 0.4) is 0 Å². The fraction of sp³-hybridized carbons (Fsp3) is 0.385. The van der Waals surface area contributed by atoms with Crippen molar-refractivity contribution < 1.29 is 17.9 Å². The van der Waals surface area contributed by atoms with E-state index in [0.717, 1.165) is 10.7 Å². The van der Waals surface area contributed by atoms with E-state index in [1.54, 1.807) is 17.4 Å². The number of ether oxygens (including phenoxy) is 1. The molecule has 4 nitrogen and oxygen atoms in total. The number of aromatic nitrogens is 2. The number of pyridine rings is 1. The highest BCUT2D eigenvalue weighted by molar-refractivity contribution is 7.09. The van der Waals surface area contributed by atoms with Crippen LogP contribution in [-0.2, 0) is 0 Å². The maximum Gasteiger partial charge on any atom is 0.422 e. The zero-order valence-corrected chi connectivity index (χ0v) is 12.3. The monoisotopic (exact) mass is 317 g/mol. The highest BCUT2D eigenvalue weighted by Gasteiger charge is 2.28. The first kappa shape index (κ1) is 15.6. The minimum absolute atomic E-state index is 0.0151. The molecule has 2 aromatic rings. The van der Waals surface area contributed by atoms with Crippen LogP contribution in [0.5, 0.6) is 5.88 Å². The lowest BCUT2D eigenvalue weighted by atomic mass is 10.2. The van der Waals surface area contributed by atoms with E-state index in [-0.39, 0.29) is 11.9 Å². The SMILES string of the molecule is Cc1nc(C(C)Nc2ccc(OCC(F)(F)F)nc2)cs1. The molecule has 0 saturated carbocycles. The second-order valence-electron chi connectivity index (χ2n) is 4.45. The Labute approximate surface area is 124 Å². The minimum Gasteiger partial charge on any atom is -0.468 e. The van der Waals surface area contributed by atoms with Gasteiger partial charge in [0.05, 0.1) is 28.6 Å². The second-order valence-corrected chi connectivity index (χ2v) is 5.51. The van der Waals surface area contributed by atoms with E-state index in [0.29, 0.717) is 5.69 Å². The van der Waals surface area contributed by atoms with E-state index in [1.807, 2.05) is 19.2 Å². The van der Waals surface area contributed by atoms with Crippen LogP contribution in [0.4, 0.5) is 18.9 Å². The summed E-state index contributed by atoms with van der Waals surface area (Å²) in [5.74, 6) is -0.0602. The van der Waals surface area contributed by atoms with Gasteiger partial charge in [-0.25, -0.2) is 9.97 Å². The van der Waals surface area contributed by atoms with Crippen molar-refractivity contribution in [2.24, 2.45) is 0 Å². The number of thiazole rings is 1. The van der Waals surface area contributed by atoms with E-state index in [9.17, 15) is 13.2 Å². The lowest BCUT2D eigenvalue weighted by Crippen LogP contribution is -2.19. The summed E-state index contributed by atoms with van der Waals surface area (Å²) in [6.45, 7) is 2.53. The molecule has 21 heavy (non-hydrogen) atoms. The van der Waals surface area contributed by atoms with E-state index < -0.39 is 12.8 Å². The molecule has 0 bridgehead atoms. The van der Waals surface area contributed by atoms with Gasteiger partial charge >= 0.3 is 6.18 Å². The molecule has 0 amide bonds. The summed E-state index contributed by atoms with van der Waals surface area (Å²) in [6.07, 6.45) is -2.93. The Morgan fingerprint density at radius 1 is 1.38 bits per heavy atom. The highest BCUT2D eigenvalue weighted by atomic mass is 32.1. The van der Waals surface area contributed by atoms with Crippen LogP contribution < -0.4 is 10.1 Å². The number of rotatable bonds is 5. The topological polar surface area (TPSA) is 47.0 Å². The first-order valence-electron chi connectivity index (χ1n) is 6.17. The molecule has 2 heterocycles. The molecule has 8 heteroatoms. The van der Waals surface area contributed by atoms with Crippen LogP contribution in [-0.4, -0.2) is 22.8 Å². The lowest BCUT2D eigenvalue weighted by molar-refractivity contribution is -0.154. The van der Waals surface area contributed by atoms with Crippen molar-refractivity contribution in [1.29, 1.82) is 0 Å². The number of alkyl halides is 3. The molecule has 0 saturated heterocycles. The molecular formula is C13H14F3N3OS. The van der Waals surface area contributed by atoms with Crippen LogP contribution in [0.15, 0.2) is 23.7 Å². The summed E-state index contributed by atoms with van der Waals surface area (Å²) in [6, 6.07) is 3.00. The van der Waals surface area contributed by atoms with Crippen molar-refractivity contribution in [1.82, 2.24) is 9.97 Å². The van der Waals surface area contributed by atoms with E-state index in [2.05, 4.69) is 20.0 Å². The van der Waals surface area contributed by atoms with Crippen LogP contribution in [0.1, 0.15) is 23.7 Å². The van der Waals surface area contributed by atoms with Gasteiger partial charge in [0, 0.05) is 11.4 Å². The van der Waals surface area contributed by atoms with Crippen molar-refractivity contribution in [2.75, 3.05) is 11.9 Å². The number of halogens is 3. The first-order chi connectivity index (χ1) is 9.83. The summed E-state index contributed by atoms with van der Waals surface area (Å²) in [5.41, 5.74) is 1.60. The van der Waals surface area contributed by atoms with Gasteiger partial charge in [-0.15, -0.1) is 11.3 Å². The Hall–Kier alpha value is -1.83. The van der Waals surface area contributed by atoms with Gasteiger partial charge in [0.25, 0.3) is 0 Å². The summed E-state index contributed by atoms with van der Waals surface area (Å²) in [5, 5.41) is 6.11. The molecule has 0 fully saturated rings. The van der Waals surface area contributed by atoms with Crippen LogP contribution in [0.2, 0.25) is 0 Å². The third-order valence-electron chi connectivity index (χ3n) is 2.58. The van der Waals surface area contributed by atoms with Gasteiger partial charge in [-0.05, 0) is 19.9 Å². The van der Waals surface area contributed by atoms with E-state index in [1.165, 1.54) is 12.3 Å². The Morgan fingerprint density at radius 3 is 2.67 bits per heavy atom. The third kappa shape index (κ3) is 4.89. The molecule has 2 aromatic heterocycles. The van der Waals surface area contributed by atoms with Crippen molar-refractivity contribution in [2.45, 2.75) is 26.1 Å². The van der Waals surface area contributed by atoms with Crippen LogP contribution >= 0.6 is 11.3 Å². The zero-order chi connectivity index (χ0) is 15.5. The number of aryl methyl sites for hydroxylation is 1. The zero-order valence-electron chi connectivity index (χ0n) is 11.4. The standard InChI is InChI=1S/C13H14F3N3OS/c1-8(11-6-21-9(2)19-11)18-10-3-4-12(17-5-10)20-7-13(14,15)16/h3-6,8,18H,7H2,1-2H3. The largest absolute Gasteiger partial charge is 0.468 e. The van der Waals surface area contributed by atoms with Gasteiger partial charge < -0.3 is 10.1 Å². The van der Waals surface area contributed by atoms with Crippen molar-refractivity contribution >= 4 is 17.0 Å². The normalized spacial score (nSPS) is 13.0. The summed E-state index contributed by atoms with van der Waals surface area (Å²) >= 11 is 1.56. The molecule has 1 N–H and O–H groups in total. The van der Waals surface area contributed by atoms with E-state index >= 15 is 0 Å². The number of nitrogens with zero attached hydrogens (tertiary/aromatic N) is 2. The summed E-state index contributed by atoms with van der Waals surface area (Å²) in [4.78, 5) is 8.20. The van der Waals surface area contributed by atoms with Crippen molar-refractivity contribution in [3.8, 4) is 5.88 Å². The predicted molar refractivity (Wildman–Crippen MR) is 74.7 cm³/mol. The smallest absolute Gasteiger partial charge is 0.422 e. The average Bonchev–Trinajstić information content (AvgIpc) is 2.84. The number of nitrogens with one attached hydrogen (secondary N) is 1.